The quantitative estimate of drug-likeness (QED) is 0.0856. The van der Waals surface area contributed by atoms with Crippen LogP contribution in [0.1, 0.15) is 0 Å². The van der Waals surface area contributed by atoms with Crippen molar-refractivity contribution in [3.05, 3.63) is 78.2 Å². The van der Waals surface area contributed by atoms with Gasteiger partial charge < -0.3 is 15.1 Å². The van der Waals surface area contributed by atoms with Crippen molar-refractivity contribution in [2.75, 3.05) is 43.5 Å². The van der Waals surface area contributed by atoms with Crippen LogP contribution in [0, 0.1) is 0 Å². The lowest BCUT2D eigenvalue weighted by molar-refractivity contribution is 0.481. The summed E-state index contributed by atoms with van der Waals surface area (Å²) in [6.07, 6.45) is 0. The summed E-state index contributed by atoms with van der Waals surface area (Å²) in [6.45, 7) is 0. The van der Waals surface area contributed by atoms with Crippen molar-refractivity contribution in [3.63, 3.8) is 0 Å². The number of hydrogen-bond donors (Lipinski definition) is 4. The van der Waals surface area contributed by atoms with E-state index in [1.165, 1.54) is 12.1 Å². The van der Waals surface area contributed by atoms with Gasteiger partial charge in [-0.15, -0.1) is 0 Å². The van der Waals surface area contributed by atoms with Crippen molar-refractivity contribution in [2.24, 2.45) is 0 Å². The number of rotatable bonds is 7. The minimum absolute atomic E-state index is 0.0270. The van der Waals surface area contributed by atoms with Crippen molar-refractivity contribution >= 4 is 58.3 Å². The maximum absolute atomic E-state index is 13.3. The van der Waals surface area contributed by atoms with Crippen LogP contribution >= 0.6 is 0 Å². The Kier molecular flexibility index (Phi) is 7.91. The Labute approximate surface area is 259 Å². The number of nitrogens with zero attached hydrogens (tertiary/aromatic N) is 2. The first kappa shape index (κ1) is 31.9. The van der Waals surface area contributed by atoms with Crippen LogP contribution in [-0.4, -0.2) is 62.5 Å². The number of nitrogen functional groups attached to an aromatic ring is 1. The first-order chi connectivity index (χ1) is 20.9. The van der Waals surface area contributed by atoms with Gasteiger partial charge in [-0.3, -0.25) is 13.8 Å². The van der Waals surface area contributed by atoms with Crippen LogP contribution in [0.4, 0.5) is 17.1 Å². The maximum Gasteiger partial charge on any atom is 0.296 e. The molecule has 45 heavy (non-hydrogen) atoms. The lowest BCUT2D eigenvalue weighted by Crippen LogP contribution is -2.21. The number of sulfonamides is 1. The second kappa shape index (κ2) is 11.1. The predicted octanol–water partition coefficient (Wildman–Crippen LogP) is 3.18. The maximum atomic E-state index is 13.3. The summed E-state index contributed by atoms with van der Waals surface area (Å²) in [6, 6.07) is 16.9. The molecular weight excluding hydrogens is 645 g/mol. The molecule has 0 radical (unpaired) electrons. The topological polar surface area (TPSA) is 200 Å². The Balaban J connectivity index is 1.74. The van der Waals surface area contributed by atoms with Crippen LogP contribution in [-0.2, 0) is 30.3 Å². The largest absolute Gasteiger partial charge is 0.456 e. The molecule has 0 saturated carbocycles. The standard InChI is InChI=1S/C29H28N4O9S3/c1-32(2)18-6-9-21-25(14-18)42-26-15-19(33(3)4)7-10-22(26)29(21)23-11-8-20(16-28(23)45(39,40)41)43(34,35)31-17-5-12-27(24(30)13-17)44(36,37)38/h5-16,31H,30H2,1-4H3,(H-,36,37,38,39,40,41)/p+1. The predicted molar refractivity (Wildman–Crippen MR) is 171 cm³/mol. The molecule has 5 rings (SSSR count). The summed E-state index contributed by atoms with van der Waals surface area (Å²) in [5.74, 6) is 0.421. The van der Waals surface area contributed by atoms with Crippen molar-refractivity contribution in [2.45, 2.75) is 14.7 Å². The van der Waals surface area contributed by atoms with E-state index < -0.39 is 50.6 Å². The molecule has 1 aliphatic carbocycles. The fraction of sp³-hybridized carbons (Fsp3) is 0.138. The molecule has 0 atom stereocenters. The SMILES string of the molecule is CN(C)c1ccc2c(-c3ccc(S(=O)(=O)Nc4ccc(S(=O)(=O)O)c(N)c4)cc3S(=O)(=O)O)c3ccc(=[N+](C)C)cc-3oc2c1. The summed E-state index contributed by atoms with van der Waals surface area (Å²) in [5, 5.41) is 1.33. The van der Waals surface area contributed by atoms with Crippen LogP contribution in [0.25, 0.3) is 33.4 Å². The Hall–Kier alpha value is -4.48. The summed E-state index contributed by atoms with van der Waals surface area (Å²) < 4.78 is 105. The molecule has 0 aromatic heterocycles. The molecule has 5 N–H and O–H groups in total. The molecule has 0 bridgehead atoms. The molecule has 3 aromatic rings. The molecule has 0 saturated heterocycles. The highest BCUT2D eigenvalue weighted by molar-refractivity contribution is 7.92. The molecule has 0 fully saturated rings. The molecule has 0 spiro atoms. The number of nitrogens with two attached hydrogens (primary N) is 1. The van der Waals surface area contributed by atoms with Crippen molar-refractivity contribution in [1.82, 2.24) is 4.58 Å². The zero-order chi connectivity index (χ0) is 33.1. The van der Waals surface area contributed by atoms with Crippen LogP contribution in [0.5, 0.6) is 0 Å². The zero-order valence-corrected chi connectivity index (χ0v) is 26.8. The van der Waals surface area contributed by atoms with Gasteiger partial charge in [-0.2, -0.15) is 16.8 Å². The van der Waals surface area contributed by atoms with Crippen molar-refractivity contribution in [3.8, 4) is 22.5 Å². The van der Waals surface area contributed by atoms with E-state index in [2.05, 4.69) is 4.72 Å². The second-order valence-corrected chi connectivity index (χ2v) is 15.1. The van der Waals surface area contributed by atoms with Gasteiger partial charge in [0.15, 0.2) is 0 Å². The van der Waals surface area contributed by atoms with Gasteiger partial charge in [0.2, 0.25) is 5.36 Å². The number of anilines is 3. The van der Waals surface area contributed by atoms with Gasteiger partial charge in [0, 0.05) is 54.0 Å². The van der Waals surface area contributed by atoms with E-state index >= 15 is 0 Å². The van der Waals surface area contributed by atoms with Crippen LogP contribution in [0.15, 0.2) is 91.9 Å². The molecule has 3 aromatic carbocycles. The molecule has 0 amide bonds. The van der Waals surface area contributed by atoms with E-state index in [4.69, 9.17) is 10.2 Å². The second-order valence-electron chi connectivity index (χ2n) is 10.6. The Morgan fingerprint density at radius 1 is 0.778 bits per heavy atom. The summed E-state index contributed by atoms with van der Waals surface area (Å²) in [4.78, 5) is 0.0620. The van der Waals surface area contributed by atoms with E-state index in [-0.39, 0.29) is 11.3 Å². The highest BCUT2D eigenvalue weighted by Crippen LogP contribution is 2.43. The highest BCUT2D eigenvalue weighted by Gasteiger charge is 2.27. The lowest BCUT2D eigenvalue weighted by atomic mass is 9.93. The van der Waals surface area contributed by atoms with Gasteiger partial charge in [0.1, 0.15) is 35.2 Å². The number of hydrogen-bond acceptors (Lipinski definition) is 9. The van der Waals surface area contributed by atoms with E-state index in [9.17, 15) is 34.4 Å². The zero-order valence-electron chi connectivity index (χ0n) is 24.4. The number of fused-ring (bicyclic) bond motifs is 2. The van der Waals surface area contributed by atoms with Gasteiger partial charge in [-0.25, -0.2) is 13.0 Å². The molecular formula is C29H29N4O9S3+. The van der Waals surface area contributed by atoms with Crippen LogP contribution in [0.2, 0.25) is 0 Å². The van der Waals surface area contributed by atoms with Gasteiger partial charge in [-0.05, 0) is 48.5 Å². The summed E-state index contributed by atoms with van der Waals surface area (Å²) >= 11 is 0. The Morgan fingerprint density at radius 2 is 1.44 bits per heavy atom. The Morgan fingerprint density at radius 3 is 2.04 bits per heavy atom. The van der Waals surface area contributed by atoms with E-state index in [1.807, 2.05) is 49.8 Å². The molecule has 1 aliphatic heterocycles. The third-order valence-corrected chi connectivity index (χ3v) is 10.3. The number of nitrogens with one attached hydrogen (secondary N) is 1. The molecule has 236 valence electrons. The van der Waals surface area contributed by atoms with Crippen LogP contribution < -0.4 is 25.3 Å². The number of benzene rings is 4. The minimum Gasteiger partial charge on any atom is -0.456 e. The van der Waals surface area contributed by atoms with E-state index in [1.54, 1.807) is 24.3 Å². The average Bonchev–Trinajstić information content (AvgIpc) is 2.93. The molecule has 16 heteroatoms. The van der Waals surface area contributed by atoms with Crippen molar-refractivity contribution < 1.29 is 38.8 Å². The van der Waals surface area contributed by atoms with E-state index in [0.717, 1.165) is 35.3 Å². The van der Waals surface area contributed by atoms with E-state index in [0.29, 0.717) is 27.9 Å². The van der Waals surface area contributed by atoms with Crippen molar-refractivity contribution in [1.29, 1.82) is 0 Å². The normalized spacial score (nSPS) is 12.4. The van der Waals surface area contributed by atoms with Gasteiger partial charge in [0.25, 0.3) is 30.3 Å². The molecule has 0 unspecified atom stereocenters. The minimum atomic E-state index is -5.00. The van der Waals surface area contributed by atoms with Gasteiger partial charge >= 0.3 is 0 Å². The van der Waals surface area contributed by atoms with Gasteiger partial charge in [-0.1, -0.05) is 6.07 Å². The van der Waals surface area contributed by atoms with Crippen LogP contribution in [0.3, 0.4) is 0 Å². The average molecular weight is 674 g/mol. The molecule has 13 nitrogen and oxygen atoms in total. The third kappa shape index (κ3) is 6.23. The Bertz CT molecular complexity index is 2380. The van der Waals surface area contributed by atoms with Gasteiger partial charge in [0.05, 0.1) is 22.3 Å². The fourth-order valence-corrected chi connectivity index (χ4v) is 7.34. The molecule has 1 heterocycles. The summed E-state index contributed by atoms with van der Waals surface area (Å²) in [7, 11) is -6.73. The smallest absolute Gasteiger partial charge is 0.296 e. The highest BCUT2D eigenvalue weighted by atomic mass is 32.2. The third-order valence-electron chi connectivity index (χ3n) is 7.07. The fourth-order valence-electron chi connectivity index (χ4n) is 4.86. The summed E-state index contributed by atoms with van der Waals surface area (Å²) in [5.41, 5.74) is 7.26. The molecule has 2 aliphatic rings. The first-order valence-corrected chi connectivity index (χ1v) is 17.4. The first-order valence-electron chi connectivity index (χ1n) is 13.1. The monoisotopic (exact) mass is 673 g/mol. The lowest BCUT2D eigenvalue weighted by Gasteiger charge is -2.19.